The van der Waals surface area contributed by atoms with E-state index in [0.29, 0.717) is 36.5 Å². The van der Waals surface area contributed by atoms with Gasteiger partial charge < -0.3 is 20.0 Å². The van der Waals surface area contributed by atoms with E-state index in [4.69, 9.17) is 4.99 Å². The van der Waals surface area contributed by atoms with Crippen LogP contribution in [0.15, 0.2) is 71.7 Å². The van der Waals surface area contributed by atoms with E-state index in [2.05, 4.69) is 4.90 Å². The van der Waals surface area contributed by atoms with Gasteiger partial charge in [0.05, 0.1) is 23.7 Å². The molecule has 2 aliphatic heterocycles. The lowest BCUT2D eigenvalue weighted by Gasteiger charge is -2.42. The van der Waals surface area contributed by atoms with Crippen LogP contribution in [-0.2, 0) is 11.0 Å². The van der Waals surface area contributed by atoms with Crippen molar-refractivity contribution in [3.63, 3.8) is 0 Å². The molecule has 3 aromatic rings. The average molecular weight is 556 g/mol. The van der Waals surface area contributed by atoms with E-state index in [9.17, 15) is 32.6 Å². The van der Waals surface area contributed by atoms with Crippen LogP contribution in [0.25, 0.3) is 0 Å². The van der Waals surface area contributed by atoms with E-state index < -0.39 is 36.0 Å². The van der Waals surface area contributed by atoms with Gasteiger partial charge >= 0.3 is 12.1 Å². The summed E-state index contributed by atoms with van der Waals surface area (Å²) >= 11 is 0. The van der Waals surface area contributed by atoms with Crippen LogP contribution >= 0.6 is 0 Å². The van der Waals surface area contributed by atoms with Crippen LogP contribution in [0, 0.1) is 11.7 Å². The predicted octanol–water partition coefficient (Wildman–Crippen LogP) is 7.31. The van der Waals surface area contributed by atoms with E-state index in [1.54, 1.807) is 23.1 Å². The summed E-state index contributed by atoms with van der Waals surface area (Å²) in [5.41, 5.74) is 0.886. The minimum absolute atomic E-state index is 0.154. The molecule has 0 spiro atoms. The molecule has 5 rings (SSSR count). The van der Waals surface area contributed by atoms with Crippen molar-refractivity contribution < 1.29 is 32.6 Å². The number of carboxylic acids is 1. The third-order valence-corrected chi connectivity index (χ3v) is 7.50. The molecule has 2 heterocycles. The first-order chi connectivity index (χ1) is 19.1. The molecule has 2 aliphatic rings. The lowest BCUT2D eigenvalue weighted by atomic mass is 9.89. The van der Waals surface area contributed by atoms with Gasteiger partial charge in [-0.2, -0.15) is 13.2 Å². The maximum absolute atomic E-state index is 14.4. The van der Waals surface area contributed by atoms with Gasteiger partial charge in [0.2, 0.25) is 0 Å². The molecule has 1 saturated heterocycles. The van der Waals surface area contributed by atoms with Gasteiger partial charge in [0.25, 0.3) is 0 Å². The Balaban J connectivity index is 1.59. The number of carboxylic acid groups (broad SMARTS) is 1. The molecule has 2 unspecified atom stereocenters. The number of nitrogens with zero attached hydrogens (tertiary/aromatic N) is 3. The minimum atomic E-state index is -4.60. The number of hydrogen-bond acceptors (Lipinski definition) is 5. The van der Waals surface area contributed by atoms with Crippen molar-refractivity contribution in [3.8, 4) is 5.75 Å². The third-order valence-electron chi connectivity index (χ3n) is 7.50. The molecule has 0 amide bonds. The van der Waals surface area contributed by atoms with Crippen LogP contribution in [0.4, 0.5) is 34.6 Å². The zero-order chi connectivity index (χ0) is 28.4. The van der Waals surface area contributed by atoms with Crippen molar-refractivity contribution in [3.05, 3.63) is 83.7 Å². The molecule has 210 valence electrons. The van der Waals surface area contributed by atoms with Crippen LogP contribution in [-0.4, -0.2) is 35.1 Å². The highest BCUT2D eigenvalue weighted by atomic mass is 19.4. The van der Waals surface area contributed by atoms with Crippen molar-refractivity contribution in [2.45, 2.75) is 44.3 Å². The summed E-state index contributed by atoms with van der Waals surface area (Å²) in [5, 5.41) is 19.8. The third kappa shape index (κ3) is 5.90. The van der Waals surface area contributed by atoms with Gasteiger partial charge in [-0.15, -0.1) is 0 Å². The zero-order valence-corrected chi connectivity index (χ0v) is 21.6. The number of carbonyl (C=O) groups is 1. The number of phenolic OH excluding ortho intramolecular Hbond substituents is 1. The Kier molecular flexibility index (Phi) is 7.69. The number of halogens is 4. The summed E-state index contributed by atoms with van der Waals surface area (Å²) in [6.45, 7) is 1.38. The summed E-state index contributed by atoms with van der Waals surface area (Å²) in [5.74, 6) is -1.31. The number of hydrogen-bond donors (Lipinski definition) is 2. The first-order valence-corrected chi connectivity index (χ1v) is 13.2. The fourth-order valence-corrected chi connectivity index (χ4v) is 5.64. The second-order valence-corrected chi connectivity index (χ2v) is 10.2. The van der Waals surface area contributed by atoms with Crippen molar-refractivity contribution in [1.29, 1.82) is 0 Å². The predicted molar refractivity (Wildman–Crippen MR) is 145 cm³/mol. The molecule has 2 atom stereocenters. The SMILES string of the molecule is O=C(O)CC1c2cc(F)ccc2N=C(C2CCCCN(c3cccc(O)c3)CC2)N1c1cccc(C(F)(F)F)c1. The molecule has 40 heavy (non-hydrogen) atoms. The van der Waals surface area contributed by atoms with E-state index in [1.807, 2.05) is 6.07 Å². The number of rotatable bonds is 5. The molecular formula is C30H29F4N3O3. The fraction of sp³-hybridized carbons (Fsp3) is 0.333. The number of phenols is 1. The lowest BCUT2D eigenvalue weighted by molar-refractivity contribution is -0.138. The number of amidine groups is 1. The molecule has 0 saturated carbocycles. The minimum Gasteiger partial charge on any atom is -0.508 e. The van der Waals surface area contributed by atoms with Crippen LogP contribution < -0.4 is 9.80 Å². The van der Waals surface area contributed by atoms with Crippen molar-refractivity contribution >= 4 is 28.9 Å². The maximum Gasteiger partial charge on any atom is 0.416 e. The Morgan fingerprint density at radius 2 is 1.73 bits per heavy atom. The summed E-state index contributed by atoms with van der Waals surface area (Å²) in [6.07, 6.45) is -2.08. The Morgan fingerprint density at radius 3 is 2.48 bits per heavy atom. The molecule has 0 aliphatic carbocycles. The molecule has 0 bridgehead atoms. The van der Waals surface area contributed by atoms with E-state index >= 15 is 0 Å². The molecule has 0 aromatic heterocycles. The Morgan fingerprint density at radius 1 is 0.950 bits per heavy atom. The number of aliphatic imine (C=N–C) groups is 1. The molecule has 2 N–H and O–H groups in total. The highest BCUT2D eigenvalue weighted by Gasteiger charge is 2.38. The topological polar surface area (TPSA) is 76.4 Å². The summed E-state index contributed by atoms with van der Waals surface area (Å²) in [6, 6.07) is 14.7. The van der Waals surface area contributed by atoms with Gasteiger partial charge in [0, 0.05) is 42.0 Å². The molecule has 1 fully saturated rings. The van der Waals surface area contributed by atoms with Crippen molar-refractivity contribution in [2.24, 2.45) is 10.9 Å². The second kappa shape index (κ2) is 11.2. The number of aromatic hydroxyl groups is 1. The van der Waals surface area contributed by atoms with Crippen LogP contribution in [0.1, 0.15) is 49.3 Å². The van der Waals surface area contributed by atoms with E-state index in [1.165, 1.54) is 30.3 Å². The second-order valence-electron chi connectivity index (χ2n) is 10.2. The molecule has 3 aromatic carbocycles. The Labute approximate surface area is 229 Å². The average Bonchev–Trinajstić information content (AvgIpc) is 2.88. The maximum atomic E-state index is 14.4. The molecular weight excluding hydrogens is 526 g/mol. The van der Waals surface area contributed by atoms with Crippen LogP contribution in [0.2, 0.25) is 0 Å². The van der Waals surface area contributed by atoms with Gasteiger partial charge in [0.1, 0.15) is 17.4 Å². The Hall–Kier alpha value is -4.08. The van der Waals surface area contributed by atoms with E-state index in [0.717, 1.165) is 37.2 Å². The number of alkyl halides is 3. The van der Waals surface area contributed by atoms with Gasteiger partial charge in [-0.25, -0.2) is 9.38 Å². The highest BCUT2D eigenvalue weighted by molar-refractivity contribution is 6.04. The first-order valence-electron chi connectivity index (χ1n) is 13.2. The first kappa shape index (κ1) is 27.5. The highest BCUT2D eigenvalue weighted by Crippen LogP contribution is 2.44. The Bertz CT molecular complexity index is 1430. The number of benzene rings is 3. The summed E-state index contributed by atoms with van der Waals surface area (Å²) in [4.78, 5) is 20.6. The summed E-state index contributed by atoms with van der Waals surface area (Å²) < 4.78 is 55.5. The van der Waals surface area contributed by atoms with E-state index in [-0.39, 0.29) is 17.4 Å². The number of anilines is 2. The molecule has 0 radical (unpaired) electrons. The largest absolute Gasteiger partial charge is 0.508 e. The van der Waals surface area contributed by atoms with Gasteiger partial charge in [-0.05, 0) is 67.8 Å². The lowest BCUT2D eigenvalue weighted by Crippen LogP contribution is -2.44. The molecule has 6 nitrogen and oxygen atoms in total. The van der Waals surface area contributed by atoms with Crippen molar-refractivity contribution in [1.82, 2.24) is 0 Å². The quantitative estimate of drug-likeness (QED) is 0.323. The van der Waals surface area contributed by atoms with Crippen LogP contribution in [0.3, 0.4) is 0 Å². The molecule has 10 heteroatoms. The fourth-order valence-electron chi connectivity index (χ4n) is 5.64. The summed E-state index contributed by atoms with van der Waals surface area (Å²) in [7, 11) is 0. The monoisotopic (exact) mass is 555 g/mol. The van der Waals surface area contributed by atoms with Crippen molar-refractivity contribution in [2.75, 3.05) is 22.9 Å². The number of fused-ring (bicyclic) bond motifs is 1. The van der Waals surface area contributed by atoms with Gasteiger partial charge in [-0.3, -0.25) is 4.79 Å². The van der Waals surface area contributed by atoms with Gasteiger partial charge in [-0.1, -0.05) is 18.6 Å². The van der Waals surface area contributed by atoms with Gasteiger partial charge in [0.15, 0.2) is 0 Å². The standard InChI is InChI=1S/C30H29F4N3O3/c31-21-10-11-26-25(16-21)27(18-28(39)40)37(23-8-3-6-20(15-23)30(32,33)34)29(35-26)19-5-1-2-13-36(14-12-19)22-7-4-9-24(38)17-22/h3-4,6-11,15-17,19,27,38H,1-2,5,12-14,18H2,(H,39,40). The zero-order valence-electron chi connectivity index (χ0n) is 21.6. The number of aliphatic carboxylic acids is 1. The normalized spacial score (nSPS) is 19.9. The smallest absolute Gasteiger partial charge is 0.416 e. The van der Waals surface area contributed by atoms with Crippen LogP contribution in [0.5, 0.6) is 5.75 Å².